The van der Waals surface area contributed by atoms with Crippen LogP contribution in [0.5, 0.6) is 0 Å². The fraction of sp³-hybridized carbons (Fsp3) is 0.250. The van der Waals surface area contributed by atoms with Gasteiger partial charge in [0.2, 0.25) is 0 Å². The third-order valence-corrected chi connectivity index (χ3v) is 4.74. The number of fused-ring (bicyclic) bond motifs is 1. The van der Waals surface area contributed by atoms with Crippen LogP contribution in [0, 0.1) is 0 Å². The van der Waals surface area contributed by atoms with Gasteiger partial charge in [-0.2, -0.15) is 0 Å². The van der Waals surface area contributed by atoms with Crippen LogP contribution in [0.4, 0.5) is 5.69 Å². The number of halogens is 3. The van der Waals surface area contributed by atoms with Gasteiger partial charge in [0.15, 0.2) is 0 Å². The van der Waals surface area contributed by atoms with Crippen LogP contribution in [-0.4, -0.2) is 6.54 Å². The standard InChI is InChI=1S/C16H15BrCl2N2/c17-11-7-13(18)16(14(19)8-11)21-15-5-6-20-9-10-3-1-2-4-12(10)15/h1-4,7-8,15,20-21H,5-6,9H2. The first-order valence-corrected chi connectivity index (χ1v) is 8.39. The largest absolute Gasteiger partial charge is 0.376 e. The second-order valence-electron chi connectivity index (χ2n) is 5.11. The number of rotatable bonds is 2. The lowest BCUT2D eigenvalue weighted by atomic mass is 9.99. The normalized spacial score (nSPS) is 18.0. The molecular formula is C16H15BrCl2N2. The SMILES string of the molecule is Clc1cc(Br)cc(Cl)c1NC1CCNCc2ccccc21. The van der Waals surface area contributed by atoms with E-state index in [1.54, 1.807) is 0 Å². The van der Waals surface area contributed by atoms with Crippen molar-refractivity contribution in [2.45, 2.75) is 19.0 Å². The van der Waals surface area contributed by atoms with Crippen molar-refractivity contribution in [2.75, 3.05) is 11.9 Å². The Balaban J connectivity index is 1.95. The molecule has 0 amide bonds. The molecule has 2 aromatic rings. The summed E-state index contributed by atoms with van der Waals surface area (Å²) in [7, 11) is 0. The minimum atomic E-state index is 0.201. The number of hydrogen-bond acceptors (Lipinski definition) is 2. The van der Waals surface area contributed by atoms with Crippen LogP contribution in [-0.2, 0) is 6.54 Å². The predicted molar refractivity (Wildman–Crippen MR) is 93.3 cm³/mol. The maximum atomic E-state index is 6.33. The van der Waals surface area contributed by atoms with Gasteiger partial charge >= 0.3 is 0 Å². The first-order valence-electron chi connectivity index (χ1n) is 6.85. The third-order valence-electron chi connectivity index (χ3n) is 3.68. The molecule has 0 radical (unpaired) electrons. The molecule has 1 unspecified atom stereocenters. The number of nitrogens with one attached hydrogen (secondary N) is 2. The minimum absolute atomic E-state index is 0.201. The number of hydrogen-bond donors (Lipinski definition) is 2. The maximum Gasteiger partial charge on any atom is 0.0724 e. The molecule has 0 saturated carbocycles. The molecule has 3 rings (SSSR count). The molecule has 1 aliphatic heterocycles. The van der Waals surface area contributed by atoms with Crippen molar-refractivity contribution in [3.8, 4) is 0 Å². The summed E-state index contributed by atoms with van der Waals surface area (Å²) in [6.45, 7) is 1.86. The van der Waals surface area contributed by atoms with Gasteiger partial charge in [-0.05, 0) is 36.2 Å². The van der Waals surface area contributed by atoms with E-state index in [4.69, 9.17) is 23.2 Å². The van der Waals surface area contributed by atoms with Gasteiger partial charge in [0.1, 0.15) is 0 Å². The fourth-order valence-corrected chi connectivity index (χ4v) is 3.98. The van der Waals surface area contributed by atoms with Gasteiger partial charge in [-0.1, -0.05) is 63.4 Å². The van der Waals surface area contributed by atoms with Crippen LogP contribution >= 0.6 is 39.1 Å². The van der Waals surface area contributed by atoms with Gasteiger partial charge in [-0.25, -0.2) is 0 Å². The number of anilines is 1. The minimum Gasteiger partial charge on any atom is -0.376 e. The summed E-state index contributed by atoms with van der Waals surface area (Å²) in [6.07, 6.45) is 0.986. The Morgan fingerprint density at radius 3 is 2.62 bits per heavy atom. The zero-order valence-corrected chi connectivity index (χ0v) is 14.4. The first-order chi connectivity index (χ1) is 10.1. The van der Waals surface area contributed by atoms with Gasteiger partial charge in [-0.3, -0.25) is 0 Å². The molecule has 2 N–H and O–H groups in total. The van der Waals surface area contributed by atoms with Crippen molar-refractivity contribution in [3.05, 3.63) is 62.0 Å². The lowest BCUT2D eigenvalue weighted by Gasteiger charge is -2.22. The highest BCUT2D eigenvalue weighted by Gasteiger charge is 2.20. The molecule has 1 aliphatic rings. The van der Waals surface area contributed by atoms with Crippen molar-refractivity contribution in [1.29, 1.82) is 0 Å². The molecule has 0 bridgehead atoms. The van der Waals surface area contributed by atoms with Crippen LogP contribution in [0.25, 0.3) is 0 Å². The van der Waals surface area contributed by atoms with E-state index in [9.17, 15) is 0 Å². The first kappa shape index (κ1) is 15.2. The van der Waals surface area contributed by atoms with E-state index in [1.807, 2.05) is 12.1 Å². The van der Waals surface area contributed by atoms with Gasteiger partial charge in [0.25, 0.3) is 0 Å². The van der Waals surface area contributed by atoms with E-state index in [-0.39, 0.29) is 6.04 Å². The monoisotopic (exact) mass is 384 g/mol. The fourth-order valence-electron chi connectivity index (χ4n) is 2.66. The van der Waals surface area contributed by atoms with Crippen molar-refractivity contribution >= 4 is 44.8 Å². The molecule has 1 atom stereocenters. The Kier molecular flexibility index (Phi) is 4.75. The van der Waals surface area contributed by atoms with Gasteiger partial charge < -0.3 is 10.6 Å². The molecule has 5 heteroatoms. The maximum absolute atomic E-state index is 6.33. The average molecular weight is 386 g/mol. The molecular weight excluding hydrogens is 371 g/mol. The highest BCUT2D eigenvalue weighted by molar-refractivity contribution is 9.10. The highest BCUT2D eigenvalue weighted by Crippen LogP contribution is 2.37. The molecule has 0 aromatic heterocycles. The zero-order valence-electron chi connectivity index (χ0n) is 11.3. The van der Waals surface area contributed by atoms with E-state index in [0.717, 1.165) is 29.7 Å². The van der Waals surface area contributed by atoms with E-state index < -0.39 is 0 Å². The van der Waals surface area contributed by atoms with Crippen LogP contribution < -0.4 is 10.6 Å². The van der Waals surface area contributed by atoms with Crippen molar-refractivity contribution < 1.29 is 0 Å². The lowest BCUT2D eigenvalue weighted by molar-refractivity contribution is 0.637. The van der Waals surface area contributed by atoms with Crippen molar-refractivity contribution in [1.82, 2.24) is 5.32 Å². The second-order valence-corrected chi connectivity index (χ2v) is 6.84. The molecule has 0 saturated heterocycles. The summed E-state index contributed by atoms with van der Waals surface area (Å²) < 4.78 is 0.881. The van der Waals surface area contributed by atoms with Crippen LogP contribution in [0.3, 0.4) is 0 Å². The summed E-state index contributed by atoms with van der Waals surface area (Å²) >= 11 is 16.1. The molecule has 110 valence electrons. The Morgan fingerprint density at radius 2 is 1.86 bits per heavy atom. The van der Waals surface area contributed by atoms with Crippen LogP contribution in [0.15, 0.2) is 40.9 Å². The van der Waals surface area contributed by atoms with E-state index in [0.29, 0.717) is 10.0 Å². The predicted octanol–water partition coefficient (Wildman–Crippen LogP) is 5.40. The van der Waals surface area contributed by atoms with Crippen LogP contribution in [0.1, 0.15) is 23.6 Å². The Bertz CT molecular complexity index is 637. The Morgan fingerprint density at radius 1 is 1.14 bits per heavy atom. The van der Waals surface area contributed by atoms with Gasteiger partial charge in [-0.15, -0.1) is 0 Å². The summed E-state index contributed by atoms with van der Waals surface area (Å²) in [4.78, 5) is 0. The Labute approximate surface area is 143 Å². The highest BCUT2D eigenvalue weighted by atomic mass is 79.9. The summed E-state index contributed by atoms with van der Waals surface area (Å²) in [5.74, 6) is 0. The molecule has 0 aliphatic carbocycles. The molecule has 21 heavy (non-hydrogen) atoms. The van der Waals surface area contributed by atoms with Gasteiger partial charge in [0, 0.05) is 11.0 Å². The zero-order chi connectivity index (χ0) is 14.8. The topological polar surface area (TPSA) is 24.1 Å². The van der Waals surface area contributed by atoms with Crippen LogP contribution in [0.2, 0.25) is 10.0 Å². The molecule has 2 nitrogen and oxygen atoms in total. The van der Waals surface area contributed by atoms with E-state index in [2.05, 4.69) is 50.8 Å². The number of benzene rings is 2. The third kappa shape index (κ3) is 3.37. The Hall–Kier alpha value is -0.740. The van der Waals surface area contributed by atoms with E-state index in [1.165, 1.54) is 11.1 Å². The lowest BCUT2D eigenvalue weighted by Crippen LogP contribution is -2.15. The van der Waals surface area contributed by atoms with E-state index >= 15 is 0 Å². The summed E-state index contributed by atoms with van der Waals surface area (Å²) in [6, 6.07) is 12.4. The summed E-state index contributed by atoms with van der Waals surface area (Å²) in [5, 5.41) is 8.22. The van der Waals surface area contributed by atoms with Gasteiger partial charge in [0.05, 0.1) is 21.8 Å². The summed E-state index contributed by atoms with van der Waals surface area (Å²) in [5.41, 5.74) is 3.41. The molecule has 0 spiro atoms. The average Bonchev–Trinajstić information content (AvgIpc) is 2.65. The molecule has 1 heterocycles. The van der Waals surface area contributed by atoms with Crippen molar-refractivity contribution in [2.24, 2.45) is 0 Å². The smallest absolute Gasteiger partial charge is 0.0724 e. The second kappa shape index (κ2) is 6.57. The quantitative estimate of drug-likeness (QED) is 0.722. The molecule has 0 fully saturated rings. The molecule has 2 aromatic carbocycles. The van der Waals surface area contributed by atoms with Crippen molar-refractivity contribution in [3.63, 3.8) is 0 Å².